The van der Waals surface area contributed by atoms with Crippen LogP contribution in [-0.2, 0) is 10.8 Å². The summed E-state index contributed by atoms with van der Waals surface area (Å²) in [5.41, 5.74) is 3.32. The van der Waals surface area contributed by atoms with Crippen molar-refractivity contribution in [2.24, 2.45) is 0 Å². The van der Waals surface area contributed by atoms with Crippen LogP contribution in [0.5, 0.6) is 0 Å². The Morgan fingerprint density at radius 2 is 1.37 bits per heavy atom. The molecule has 0 bridgehead atoms. The average molecular weight is 261 g/mol. The summed E-state index contributed by atoms with van der Waals surface area (Å²) in [6, 6.07) is 9.74. The molecule has 0 aliphatic rings. The van der Waals surface area contributed by atoms with Crippen LogP contribution in [0, 0.1) is 0 Å². The van der Waals surface area contributed by atoms with Gasteiger partial charge in [0.15, 0.2) is 0 Å². The van der Waals surface area contributed by atoms with Crippen molar-refractivity contribution < 1.29 is 0 Å². The summed E-state index contributed by atoms with van der Waals surface area (Å²) in [7, 11) is 0. The smallest absolute Gasteiger partial charge is 0.00103 e. The van der Waals surface area contributed by atoms with E-state index in [2.05, 4.69) is 78.0 Å². The van der Waals surface area contributed by atoms with Crippen LogP contribution >= 0.6 is 0 Å². The lowest BCUT2D eigenvalue weighted by Crippen LogP contribution is -2.29. The molecule has 0 amide bonds. The molecule has 1 heteroatoms. The van der Waals surface area contributed by atoms with Crippen molar-refractivity contribution in [1.29, 1.82) is 0 Å². The number of hydrogen-bond acceptors (Lipinski definition) is 1. The van der Waals surface area contributed by atoms with Crippen LogP contribution in [0.3, 0.4) is 0 Å². The zero-order valence-electron chi connectivity index (χ0n) is 13.8. The lowest BCUT2D eigenvalue weighted by Gasteiger charge is -2.27. The second-order valence-electron chi connectivity index (χ2n) is 7.57. The molecule has 1 aromatic rings. The summed E-state index contributed by atoms with van der Waals surface area (Å²) in [5.74, 6) is 0. The van der Waals surface area contributed by atoms with Crippen molar-refractivity contribution in [3.63, 3.8) is 0 Å². The molecule has 0 fully saturated rings. The maximum atomic E-state index is 3.51. The molecule has 1 nitrogen and oxygen atoms in total. The quantitative estimate of drug-likeness (QED) is 0.813. The van der Waals surface area contributed by atoms with Crippen molar-refractivity contribution in [2.75, 3.05) is 6.54 Å². The van der Waals surface area contributed by atoms with E-state index < -0.39 is 0 Å². The van der Waals surface area contributed by atoms with E-state index in [1.807, 2.05) is 0 Å². The topological polar surface area (TPSA) is 12.0 Å². The van der Waals surface area contributed by atoms with Gasteiger partial charge in [-0.15, -0.1) is 0 Å². The minimum absolute atomic E-state index is 0.234. The van der Waals surface area contributed by atoms with E-state index in [4.69, 9.17) is 0 Å². The van der Waals surface area contributed by atoms with Gasteiger partial charge in [0.25, 0.3) is 0 Å². The summed E-state index contributed by atoms with van der Waals surface area (Å²) >= 11 is 0. The monoisotopic (exact) mass is 261 g/mol. The van der Waals surface area contributed by atoms with Gasteiger partial charge in [0, 0.05) is 6.04 Å². The highest BCUT2D eigenvalue weighted by atomic mass is 14.9. The van der Waals surface area contributed by atoms with Gasteiger partial charge in [-0.1, -0.05) is 72.7 Å². The SMILES string of the molecule is CC(C)NCCC(C)(C)c1ccc(C(C)(C)C)cc1. The fourth-order valence-corrected chi connectivity index (χ4v) is 2.24. The maximum absolute atomic E-state index is 3.51. The number of hydrogen-bond donors (Lipinski definition) is 1. The molecule has 0 aliphatic carbocycles. The minimum Gasteiger partial charge on any atom is -0.315 e. The van der Waals surface area contributed by atoms with Crippen LogP contribution in [0.25, 0.3) is 0 Å². The predicted molar refractivity (Wildman–Crippen MR) is 85.9 cm³/mol. The lowest BCUT2D eigenvalue weighted by atomic mass is 9.79. The van der Waals surface area contributed by atoms with Gasteiger partial charge in [-0.3, -0.25) is 0 Å². The summed E-state index contributed by atoms with van der Waals surface area (Å²) in [6.45, 7) is 16.9. The molecular formula is C18H31N. The van der Waals surface area contributed by atoms with Gasteiger partial charge in [0.1, 0.15) is 0 Å². The van der Waals surface area contributed by atoms with Gasteiger partial charge in [0.05, 0.1) is 0 Å². The maximum Gasteiger partial charge on any atom is 0.00103 e. The molecule has 19 heavy (non-hydrogen) atoms. The van der Waals surface area contributed by atoms with Crippen LogP contribution in [0.4, 0.5) is 0 Å². The number of nitrogens with one attached hydrogen (secondary N) is 1. The Kier molecular flexibility index (Phi) is 5.20. The van der Waals surface area contributed by atoms with E-state index in [1.165, 1.54) is 17.5 Å². The fourth-order valence-electron chi connectivity index (χ4n) is 2.24. The van der Waals surface area contributed by atoms with E-state index in [9.17, 15) is 0 Å². The van der Waals surface area contributed by atoms with Gasteiger partial charge in [-0.05, 0) is 34.9 Å². The molecule has 1 N–H and O–H groups in total. The van der Waals surface area contributed by atoms with E-state index in [-0.39, 0.29) is 10.8 Å². The Labute approximate surface area is 119 Å². The normalized spacial score (nSPS) is 13.1. The molecule has 0 heterocycles. The zero-order valence-corrected chi connectivity index (χ0v) is 13.8. The first-order valence-electron chi connectivity index (χ1n) is 7.47. The van der Waals surface area contributed by atoms with Crippen molar-refractivity contribution in [3.05, 3.63) is 35.4 Å². The molecular weight excluding hydrogens is 230 g/mol. The van der Waals surface area contributed by atoms with E-state index in [0.29, 0.717) is 6.04 Å². The third-order valence-electron chi connectivity index (χ3n) is 3.83. The van der Waals surface area contributed by atoms with Crippen LogP contribution in [-0.4, -0.2) is 12.6 Å². The number of benzene rings is 1. The van der Waals surface area contributed by atoms with Crippen LogP contribution in [0.1, 0.15) is 66.0 Å². The second kappa shape index (κ2) is 6.09. The van der Waals surface area contributed by atoms with Gasteiger partial charge in [-0.25, -0.2) is 0 Å². The standard InChI is InChI=1S/C18H31N/c1-14(2)19-13-12-18(6,7)16-10-8-15(9-11-16)17(3,4)5/h8-11,14,19H,12-13H2,1-7H3. The molecule has 108 valence electrons. The van der Waals surface area contributed by atoms with Crippen LogP contribution in [0.15, 0.2) is 24.3 Å². The van der Waals surface area contributed by atoms with Crippen LogP contribution < -0.4 is 5.32 Å². The van der Waals surface area contributed by atoms with Crippen LogP contribution in [0.2, 0.25) is 0 Å². The minimum atomic E-state index is 0.234. The molecule has 1 rings (SSSR count). The molecule has 0 saturated heterocycles. The van der Waals surface area contributed by atoms with E-state index >= 15 is 0 Å². The first-order chi connectivity index (χ1) is 8.63. The molecule has 0 aliphatic heterocycles. The summed E-state index contributed by atoms with van der Waals surface area (Å²) in [4.78, 5) is 0. The number of rotatable bonds is 5. The van der Waals surface area contributed by atoms with Gasteiger partial charge >= 0.3 is 0 Å². The van der Waals surface area contributed by atoms with Crippen molar-refractivity contribution in [3.8, 4) is 0 Å². The van der Waals surface area contributed by atoms with Crippen molar-refractivity contribution >= 4 is 0 Å². The average Bonchev–Trinajstić information content (AvgIpc) is 2.27. The summed E-state index contributed by atoms with van der Waals surface area (Å²) < 4.78 is 0. The van der Waals surface area contributed by atoms with Crippen molar-refractivity contribution in [1.82, 2.24) is 5.32 Å². The van der Waals surface area contributed by atoms with Gasteiger partial charge < -0.3 is 5.32 Å². The largest absolute Gasteiger partial charge is 0.315 e. The lowest BCUT2D eigenvalue weighted by molar-refractivity contribution is 0.441. The Morgan fingerprint density at radius 3 is 1.79 bits per heavy atom. The van der Waals surface area contributed by atoms with Crippen molar-refractivity contribution in [2.45, 2.75) is 71.8 Å². The second-order valence-corrected chi connectivity index (χ2v) is 7.57. The Bertz CT molecular complexity index is 379. The molecule has 0 atom stereocenters. The van der Waals surface area contributed by atoms with Gasteiger partial charge in [-0.2, -0.15) is 0 Å². The van der Waals surface area contributed by atoms with E-state index in [0.717, 1.165) is 6.54 Å². The summed E-state index contributed by atoms with van der Waals surface area (Å²) in [6.07, 6.45) is 1.17. The Morgan fingerprint density at radius 1 is 0.895 bits per heavy atom. The Hall–Kier alpha value is -0.820. The third-order valence-corrected chi connectivity index (χ3v) is 3.83. The van der Waals surface area contributed by atoms with Gasteiger partial charge in [0.2, 0.25) is 0 Å². The summed E-state index contributed by atoms with van der Waals surface area (Å²) in [5, 5.41) is 3.51. The zero-order chi connectivity index (χ0) is 14.7. The molecule has 0 unspecified atom stereocenters. The van der Waals surface area contributed by atoms with E-state index in [1.54, 1.807) is 0 Å². The molecule has 0 aromatic heterocycles. The predicted octanol–water partition coefficient (Wildman–Crippen LogP) is 4.65. The highest BCUT2D eigenvalue weighted by Crippen LogP contribution is 2.29. The molecule has 0 saturated carbocycles. The first-order valence-corrected chi connectivity index (χ1v) is 7.47. The molecule has 1 aromatic carbocycles. The third kappa shape index (κ3) is 4.99. The Balaban J connectivity index is 2.73. The fraction of sp³-hybridized carbons (Fsp3) is 0.667. The molecule has 0 spiro atoms. The highest BCUT2D eigenvalue weighted by Gasteiger charge is 2.21. The molecule has 0 radical (unpaired) electrons. The highest BCUT2D eigenvalue weighted by molar-refractivity contribution is 5.31. The first kappa shape index (κ1) is 16.2.